The van der Waals surface area contributed by atoms with E-state index in [4.69, 9.17) is 4.74 Å². The Labute approximate surface area is 122 Å². The fraction of sp³-hybridized carbons (Fsp3) is 0.385. The molecular formula is C13H18N4O4. The predicted molar refractivity (Wildman–Crippen MR) is 74.1 cm³/mol. The van der Waals surface area contributed by atoms with Gasteiger partial charge in [0.2, 0.25) is 0 Å². The van der Waals surface area contributed by atoms with Crippen molar-refractivity contribution in [1.29, 1.82) is 0 Å². The Morgan fingerprint density at radius 2 is 1.76 bits per heavy atom. The van der Waals surface area contributed by atoms with E-state index in [0.29, 0.717) is 5.56 Å². The number of carbonyl (C=O) groups is 3. The van der Waals surface area contributed by atoms with Crippen LogP contribution in [0.3, 0.4) is 0 Å². The number of rotatable bonds is 3. The molecule has 8 heteroatoms. The molecule has 8 nitrogen and oxygen atoms in total. The van der Waals surface area contributed by atoms with Gasteiger partial charge >= 0.3 is 6.09 Å². The first-order chi connectivity index (χ1) is 9.78. The van der Waals surface area contributed by atoms with Crippen molar-refractivity contribution >= 4 is 17.9 Å². The van der Waals surface area contributed by atoms with Crippen LogP contribution in [-0.2, 0) is 9.53 Å². The van der Waals surface area contributed by atoms with E-state index in [9.17, 15) is 14.4 Å². The standard InChI is InChI=1S/C13H18N4O4/c1-13(2,3)21-12(20)15-8-10(18)16-17-11(19)9-4-6-14-7-5-9/h4-7H,8H2,1-3H3,(H,15,20)(H,16,18)(H,17,19). The molecule has 0 saturated carbocycles. The largest absolute Gasteiger partial charge is 0.444 e. The summed E-state index contributed by atoms with van der Waals surface area (Å²) in [6, 6.07) is 3.00. The molecule has 0 spiro atoms. The minimum absolute atomic E-state index is 0.314. The Kier molecular flexibility index (Phi) is 5.65. The molecule has 0 atom stereocenters. The highest BCUT2D eigenvalue weighted by Gasteiger charge is 2.16. The second-order valence-corrected chi connectivity index (χ2v) is 5.09. The van der Waals surface area contributed by atoms with Gasteiger partial charge in [-0.3, -0.25) is 25.4 Å². The van der Waals surface area contributed by atoms with Crippen molar-refractivity contribution in [2.75, 3.05) is 6.54 Å². The Morgan fingerprint density at radius 1 is 1.14 bits per heavy atom. The van der Waals surface area contributed by atoms with Crippen molar-refractivity contribution in [3.63, 3.8) is 0 Å². The van der Waals surface area contributed by atoms with E-state index in [2.05, 4.69) is 21.2 Å². The smallest absolute Gasteiger partial charge is 0.408 e. The third-order valence-corrected chi connectivity index (χ3v) is 2.05. The van der Waals surface area contributed by atoms with Gasteiger partial charge in [-0.05, 0) is 32.9 Å². The van der Waals surface area contributed by atoms with Crippen LogP contribution in [0.1, 0.15) is 31.1 Å². The van der Waals surface area contributed by atoms with Crippen LogP contribution in [0.25, 0.3) is 0 Å². The first-order valence-electron chi connectivity index (χ1n) is 6.24. The number of ether oxygens (including phenoxy) is 1. The normalized spacial score (nSPS) is 10.4. The van der Waals surface area contributed by atoms with E-state index in [1.54, 1.807) is 20.8 Å². The molecule has 0 saturated heterocycles. The average Bonchev–Trinajstić information content (AvgIpc) is 2.41. The maximum Gasteiger partial charge on any atom is 0.408 e. The van der Waals surface area contributed by atoms with E-state index >= 15 is 0 Å². The van der Waals surface area contributed by atoms with Crippen LogP contribution in [0.2, 0.25) is 0 Å². The van der Waals surface area contributed by atoms with Crippen molar-refractivity contribution < 1.29 is 19.1 Å². The second kappa shape index (κ2) is 7.22. The molecule has 1 aromatic rings. The van der Waals surface area contributed by atoms with Gasteiger partial charge in [-0.1, -0.05) is 0 Å². The third-order valence-electron chi connectivity index (χ3n) is 2.05. The lowest BCUT2D eigenvalue weighted by atomic mass is 10.2. The summed E-state index contributed by atoms with van der Waals surface area (Å²) in [5.41, 5.74) is 4.09. The summed E-state index contributed by atoms with van der Waals surface area (Å²) in [6.07, 6.45) is 2.21. The van der Waals surface area contributed by atoms with E-state index in [-0.39, 0.29) is 6.54 Å². The number of carbonyl (C=O) groups excluding carboxylic acids is 3. The first kappa shape index (κ1) is 16.4. The Hall–Kier alpha value is -2.64. The molecule has 0 radical (unpaired) electrons. The number of nitrogens with one attached hydrogen (secondary N) is 3. The van der Waals surface area contributed by atoms with Crippen LogP contribution < -0.4 is 16.2 Å². The summed E-state index contributed by atoms with van der Waals surface area (Å²) in [5.74, 6) is -1.06. The summed E-state index contributed by atoms with van der Waals surface area (Å²) >= 11 is 0. The number of hydrogen-bond donors (Lipinski definition) is 3. The van der Waals surface area contributed by atoms with Crippen molar-refractivity contribution in [3.8, 4) is 0 Å². The molecule has 0 fully saturated rings. The van der Waals surface area contributed by atoms with Crippen LogP contribution in [0.5, 0.6) is 0 Å². The van der Waals surface area contributed by atoms with Crippen LogP contribution in [0.4, 0.5) is 4.79 Å². The van der Waals surface area contributed by atoms with Gasteiger partial charge < -0.3 is 10.1 Å². The van der Waals surface area contributed by atoms with Gasteiger partial charge in [0.1, 0.15) is 12.1 Å². The minimum Gasteiger partial charge on any atom is -0.444 e. The molecule has 1 aromatic heterocycles. The van der Waals surface area contributed by atoms with Crippen LogP contribution in [0, 0.1) is 0 Å². The number of amides is 3. The highest BCUT2D eigenvalue weighted by Crippen LogP contribution is 2.05. The fourth-order valence-corrected chi connectivity index (χ4v) is 1.21. The molecule has 21 heavy (non-hydrogen) atoms. The Bertz CT molecular complexity index is 511. The van der Waals surface area contributed by atoms with Crippen molar-refractivity contribution in [3.05, 3.63) is 30.1 Å². The Morgan fingerprint density at radius 3 is 2.33 bits per heavy atom. The summed E-state index contributed by atoms with van der Waals surface area (Å²) in [5, 5.41) is 2.27. The summed E-state index contributed by atoms with van der Waals surface area (Å²) < 4.78 is 4.96. The average molecular weight is 294 g/mol. The molecule has 1 heterocycles. The first-order valence-corrected chi connectivity index (χ1v) is 6.24. The SMILES string of the molecule is CC(C)(C)OC(=O)NCC(=O)NNC(=O)c1ccncc1. The molecule has 114 valence electrons. The zero-order valence-electron chi connectivity index (χ0n) is 12.1. The highest BCUT2D eigenvalue weighted by atomic mass is 16.6. The number of hydrogen-bond acceptors (Lipinski definition) is 5. The number of pyridine rings is 1. The van der Waals surface area contributed by atoms with E-state index in [1.807, 2.05) is 0 Å². The van der Waals surface area contributed by atoms with Gasteiger partial charge in [0.05, 0.1) is 0 Å². The monoisotopic (exact) mass is 294 g/mol. The quantitative estimate of drug-likeness (QED) is 0.698. The topological polar surface area (TPSA) is 109 Å². The lowest BCUT2D eigenvalue weighted by Crippen LogP contribution is -2.47. The molecular weight excluding hydrogens is 276 g/mol. The van der Waals surface area contributed by atoms with Crippen LogP contribution >= 0.6 is 0 Å². The number of hydrazine groups is 1. The fourth-order valence-electron chi connectivity index (χ4n) is 1.21. The lowest BCUT2D eigenvalue weighted by molar-refractivity contribution is -0.121. The highest BCUT2D eigenvalue weighted by molar-refractivity contribution is 5.95. The summed E-state index contributed by atoms with van der Waals surface area (Å²) in [7, 11) is 0. The molecule has 3 N–H and O–H groups in total. The van der Waals surface area contributed by atoms with E-state index in [1.165, 1.54) is 24.5 Å². The summed E-state index contributed by atoms with van der Waals surface area (Å²) in [4.78, 5) is 38.1. The lowest BCUT2D eigenvalue weighted by Gasteiger charge is -2.19. The summed E-state index contributed by atoms with van der Waals surface area (Å²) in [6.45, 7) is 4.82. The zero-order valence-corrected chi connectivity index (χ0v) is 12.1. The van der Waals surface area contributed by atoms with Crippen molar-refractivity contribution in [1.82, 2.24) is 21.2 Å². The molecule has 1 rings (SSSR count). The van der Waals surface area contributed by atoms with Crippen molar-refractivity contribution in [2.24, 2.45) is 0 Å². The van der Waals surface area contributed by atoms with Gasteiger partial charge in [-0.15, -0.1) is 0 Å². The molecule has 0 aromatic carbocycles. The van der Waals surface area contributed by atoms with Gasteiger partial charge in [-0.25, -0.2) is 4.79 Å². The van der Waals surface area contributed by atoms with Crippen LogP contribution in [0.15, 0.2) is 24.5 Å². The van der Waals surface area contributed by atoms with E-state index in [0.717, 1.165) is 0 Å². The number of aromatic nitrogens is 1. The molecule has 0 unspecified atom stereocenters. The van der Waals surface area contributed by atoms with Gasteiger partial charge in [0.15, 0.2) is 0 Å². The van der Waals surface area contributed by atoms with Gasteiger partial charge in [0.25, 0.3) is 11.8 Å². The Balaban J connectivity index is 2.29. The predicted octanol–water partition coefficient (Wildman–Crippen LogP) is 0.367. The van der Waals surface area contributed by atoms with E-state index < -0.39 is 23.5 Å². The van der Waals surface area contributed by atoms with Gasteiger partial charge in [0, 0.05) is 18.0 Å². The number of nitrogens with zero attached hydrogens (tertiary/aromatic N) is 1. The number of alkyl carbamates (subject to hydrolysis) is 1. The van der Waals surface area contributed by atoms with Gasteiger partial charge in [-0.2, -0.15) is 0 Å². The zero-order chi connectivity index (χ0) is 15.9. The molecule has 0 aliphatic rings. The molecule has 0 bridgehead atoms. The molecule has 0 aliphatic carbocycles. The maximum atomic E-state index is 11.6. The molecule has 3 amide bonds. The maximum absolute atomic E-state index is 11.6. The molecule has 0 aliphatic heterocycles. The minimum atomic E-state index is -0.710. The second-order valence-electron chi connectivity index (χ2n) is 5.09. The van der Waals surface area contributed by atoms with Crippen molar-refractivity contribution in [2.45, 2.75) is 26.4 Å². The van der Waals surface area contributed by atoms with Crippen LogP contribution in [-0.4, -0.2) is 35.0 Å². The third kappa shape index (κ3) is 6.90.